The molecule has 4 heteroatoms. The van der Waals surface area contributed by atoms with Crippen molar-refractivity contribution in [2.45, 2.75) is 39.5 Å². The molecule has 0 saturated carbocycles. The Kier molecular flexibility index (Phi) is 3.57. The summed E-state index contributed by atoms with van der Waals surface area (Å²) in [6.07, 6.45) is 4.24. The van der Waals surface area contributed by atoms with E-state index in [0.29, 0.717) is 0 Å². The van der Waals surface area contributed by atoms with Crippen LogP contribution in [0.1, 0.15) is 39.5 Å². The topological polar surface area (TPSA) is 48.8 Å². The van der Waals surface area contributed by atoms with Gasteiger partial charge in [0.15, 0.2) is 0 Å². The Hall–Kier alpha value is -1.06. The van der Waals surface area contributed by atoms with Crippen molar-refractivity contribution >= 4 is 11.4 Å². The summed E-state index contributed by atoms with van der Waals surface area (Å²) in [4.78, 5) is 0. The van der Waals surface area contributed by atoms with Crippen molar-refractivity contribution in [1.29, 1.82) is 0 Å². The lowest BCUT2D eigenvalue weighted by molar-refractivity contribution is 0.573. The van der Waals surface area contributed by atoms with Crippen LogP contribution in [0.4, 0.5) is 0 Å². The summed E-state index contributed by atoms with van der Waals surface area (Å²) in [6.45, 7) is 4.29. The first-order valence-corrected chi connectivity index (χ1v) is 4.52. The second-order valence-corrected chi connectivity index (χ2v) is 2.84. The standard InChI is InChI=1S/C8H16N4/c1-3-5-7-8(6-4-2)10-12-11-9-7/h11-12H,3-6H2,1-2H3. The molecule has 0 amide bonds. The minimum Gasteiger partial charge on any atom is -0.205 e. The summed E-state index contributed by atoms with van der Waals surface area (Å²) >= 11 is 0. The number of nitrogens with zero attached hydrogens (tertiary/aromatic N) is 2. The van der Waals surface area contributed by atoms with Crippen molar-refractivity contribution in [3.05, 3.63) is 0 Å². The number of hydrazone groups is 2. The van der Waals surface area contributed by atoms with Gasteiger partial charge in [0.1, 0.15) is 0 Å². The quantitative estimate of drug-likeness (QED) is 0.666. The van der Waals surface area contributed by atoms with E-state index in [1.165, 1.54) is 0 Å². The summed E-state index contributed by atoms with van der Waals surface area (Å²) in [5, 5.41) is 8.29. The highest BCUT2D eigenvalue weighted by Gasteiger charge is 2.10. The van der Waals surface area contributed by atoms with Gasteiger partial charge in [-0.25, -0.2) is 11.1 Å². The van der Waals surface area contributed by atoms with Crippen LogP contribution in [0, 0.1) is 0 Å². The predicted octanol–water partition coefficient (Wildman–Crippen LogP) is 1.41. The monoisotopic (exact) mass is 168 g/mol. The first kappa shape index (κ1) is 9.03. The minimum atomic E-state index is 1.01. The number of rotatable bonds is 4. The van der Waals surface area contributed by atoms with Gasteiger partial charge in [-0.05, 0) is 12.8 Å². The van der Waals surface area contributed by atoms with E-state index in [4.69, 9.17) is 0 Å². The Bertz CT molecular complexity index is 173. The highest BCUT2D eigenvalue weighted by atomic mass is 15.7. The Morgan fingerprint density at radius 2 is 1.33 bits per heavy atom. The average molecular weight is 168 g/mol. The number of nitrogens with one attached hydrogen (secondary N) is 2. The number of hydrogen-bond acceptors (Lipinski definition) is 4. The largest absolute Gasteiger partial charge is 0.205 e. The summed E-state index contributed by atoms with van der Waals surface area (Å²) in [5.74, 6) is 0. The third-order valence-corrected chi connectivity index (χ3v) is 1.74. The van der Waals surface area contributed by atoms with Crippen molar-refractivity contribution in [3.63, 3.8) is 0 Å². The van der Waals surface area contributed by atoms with E-state index in [9.17, 15) is 0 Å². The molecule has 1 aliphatic heterocycles. The lowest BCUT2D eigenvalue weighted by atomic mass is 10.1. The van der Waals surface area contributed by atoms with Crippen LogP contribution < -0.4 is 11.1 Å². The Morgan fingerprint density at radius 3 is 1.67 bits per heavy atom. The summed E-state index contributed by atoms with van der Waals surface area (Å²) in [7, 11) is 0. The van der Waals surface area contributed by atoms with E-state index in [1.54, 1.807) is 0 Å². The molecule has 4 nitrogen and oxygen atoms in total. The molecule has 0 aromatic rings. The first-order chi connectivity index (χ1) is 5.88. The maximum atomic E-state index is 4.14. The molecule has 0 spiro atoms. The number of hydrogen-bond donors (Lipinski definition) is 2. The zero-order chi connectivity index (χ0) is 8.81. The van der Waals surface area contributed by atoms with Gasteiger partial charge in [0, 0.05) is 0 Å². The van der Waals surface area contributed by atoms with Gasteiger partial charge in [-0.1, -0.05) is 26.7 Å². The van der Waals surface area contributed by atoms with Gasteiger partial charge in [-0.3, -0.25) is 0 Å². The molecular formula is C8H16N4. The SMILES string of the molecule is CCCC1=NNNN=C1CCC. The highest BCUT2D eigenvalue weighted by Crippen LogP contribution is 2.02. The molecule has 0 aromatic heterocycles. The van der Waals surface area contributed by atoms with Gasteiger partial charge in [-0.15, -0.1) is 0 Å². The Labute approximate surface area is 73.1 Å². The molecule has 1 aliphatic rings. The van der Waals surface area contributed by atoms with Gasteiger partial charge < -0.3 is 0 Å². The Morgan fingerprint density at radius 1 is 0.917 bits per heavy atom. The van der Waals surface area contributed by atoms with Crippen LogP contribution in [0.2, 0.25) is 0 Å². The molecule has 0 aromatic carbocycles. The van der Waals surface area contributed by atoms with Crippen molar-refractivity contribution in [2.24, 2.45) is 10.2 Å². The van der Waals surface area contributed by atoms with E-state index in [-0.39, 0.29) is 0 Å². The van der Waals surface area contributed by atoms with Crippen LogP contribution >= 0.6 is 0 Å². The molecule has 0 unspecified atom stereocenters. The van der Waals surface area contributed by atoms with Crippen LogP contribution in [0.25, 0.3) is 0 Å². The smallest absolute Gasteiger partial charge is 0.0856 e. The molecule has 2 N–H and O–H groups in total. The van der Waals surface area contributed by atoms with E-state index < -0.39 is 0 Å². The molecule has 0 saturated heterocycles. The third kappa shape index (κ3) is 2.22. The maximum Gasteiger partial charge on any atom is 0.0856 e. The molecule has 0 atom stereocenters. The van der Waals surface area contributed by atoms with E-state index in [1.807, 2.05) is 0 Å². The highest BCUT2D eigenvalue weighted by molar-refractivity contribution is 6.42. The second-order valence-electron chi connectivity index (χ2n) is 2.84. The summed E-state index contributed by atoms with van der Waals surface area (Å²) in [6, 6.07) is 0. The summed E-state index contributed by atoms with van der Waals surface area (Å²) < 4.78 is 0. The number of hydrazine groups is 1. The zero-order valence-electron chi connectivity index (χ0n) is 7.72. The fourth-order valence-corrected chi connectivity index (χ4v) is 1.19. The lowest BCUT2D eigenvalue weighted by Crippen LogP contribution is -2.33. The van der Waals surface area contributed by atoms with Crippen LogP contribution in [0.15, 0.2) is 10.2 Å². The van der Waals surface area contributed by atoms with Crippen molar-refractivity contribution in [2.75, 3.05) is 0 Å². The molecule has 68 valence electrons. The van der Waals surface area contributed by atoms with E-state index in [2.05, 4.69) is 35.1 Å². The van der Waals surface area contributed by atoms with Crippen LogP contribution in [-0.4, -0.2) is 11.4 Å². The molecule has 0 bridgehead atoms. The molecule has 0 fully saturated rings. The molecule has 0 aliphatic carbocycles. The van der Waals surface area contributed by atoms with Crippen LogP contribution in [0.5, 0.6) is 0 Å². The zero-order valence-corrected chi connectivity index (χ0v) is 7.72. The first-order valence-electron chi connectivity index (χ1n) is 4.52. The minimum absolute atomic E-state index is 1.01. The molecule has 1 heterocycles. The molecule has 12 heavy (non-hydrogen) atoms. The maximum absolute atomic E-state index is 4.14. The normalized spacial score (nSPS) is 15.8. The van der Waals surface area contributed by atoms with Crippen molar-refractivity contribution in [1.82, 2.24) is 11.1 Å². The van der Waals surface area contributed by atoms with E-state index in [0.717, 1.165) is 37.1 Å². The third-order valence-electron chi connectivity index (χ3n) is 1.74. The van der Waals surface area contributed by atoms with Gasteiger partial charge >= 0.3 is 0 Å². The average Bonchev–Trinajstić information content (AvgIpc) is 2.09. The van der Waals surface area contributed by atoms with E-state index >= 15 is 0 Å². The molecular weight excluding hydrogens is 152 g/mol. The van der Waals surface area contributed by atoms with Gasteiger partial charge in [0.2, 0.25) is 0 Å². The molecule has 0 radical (unpaired) electrons. The predicted molar refractivity (Wildman–Crippen MR) is 51.0 cm³/mol. The van der Waals surface area contributed by atoms with Gasteiger partial charge in [0.05, 0.1) is 11.4 Å². The lowest BCUT2D eigenvalue weighted by Gasteiger charge is -2.13. The van der Waals surface area contributed by atoms with Crippen LogP contribution in [0.3, 0.4) is 0 Å². The van der Waals surface area contributed by atoms with Crippen molar-refractivity contribution in [3.8, 4) is 0 Å². The molecule has 1 rings (SSSR count). The van der Waals surface area contributed by atoms with Gasteiger partial charge in [-0.2, -0.15) is 10.2 Å². The van der Waals surface area contributed by atoms with Gasteiger partial charge in [0.25, 0.3) is 0 Å². The summed E-state index contributed by atoms with van der Waals surface area (Å²) in [5.41, 5.74) is 7.51. The fraction of sp³-hybridized carbons (Fsp3) is 0.750. The fourth-order valence-electron chi connectivity index (χ4n) is 1.19. The van der Waals surface area contributed by atoms with Crippen LogP contribution in [-0.2, 0) is 0 Å². The van der Waals surface area contributed by atoms with Crippen molar-refractivity contribution < 1.29 is 0 Å². The Balaban J connectivity index is 2.55. The second kappa shape index (κ2) is 4.74.